The third kappa shape index (κ3) is 2.36. The fourth-order valence-electron chi connectivity index (χ4n) is 3.36. The van der Waals surface area contributed by atoms with Crippen LogP contribution in [0.15, 0.2) is 30.5 Å². The number of carboxylic acids is 1. The van der Waals surface area contributed by atoms with Crippen molar-refractivity contribution >= 4 is 22.8 Å². The Hall–Kier alpha value is -2.30. The molecule has 2 aromatic rings. The van der Waals surface area contributed by atoms with Gasteiger partial charge in [0.15, 0.2) is 0 Å². The maximum Gasteiger partial charge on any atom is 0.307 e. The molecule has 0 spiro atoms. The van der Waals surface area contributed by atoms with Crippen LogP contribution >= 0.6 is 0 Å². The largest absolute Gasteiger partial charge is 0.481 e. The third-order valence-corrected chi connectivity index (χ3v) is 4.74. The Morgan fingerprint density at radius 1 is 1.27 bits per heavy atom. The second-order valence-corrected chi connectivity index (χ2v) is 6.52. The zero-order valence-electron chi connectivity index (χ0n) is 12.7. The van der Waals surface area contributed by atoms with Gasteiger partial charge in [-0.1, -0.05) is 32.0 Å². The van der Waals surface area contributed by atoms with Crippen molar-refractivity contribution < 1.29 is 14.7 Å². The zero-order chi connectivity index (χ0) is 15.9. The molecule has 3 N–H and O–H groups in total. The molecule has 5 heteroatoms. The number of nitrogens with one attached hydrogen (secondary N) is 2. The second kappa shape index (κ2) is 5.16. The first kappa shape index (κ1) is 14.6. The number of hydrogen-bond acceptors (Lipinski definition) is 2. The molecule has 1 fully saturated rings. The summed E-state index contributed by atoms with van der Waals surface area (Å²) in [6.07, 6.45) is 2.68. The quantitative estimate of drug-likeness (QED) is 0.791. The Morgan fingerprint density at radius 3 is 2.68 bits per heavy atom. The van der Waals surface area contributed by atoms with Crippen molar-refractivity contribution in [1.29, 1.82) is 0 Å². The first-order valence-electron chi connectivity index (χ1n) is 7.48. The maximum absolute atomic E-state index is 12.1. The van der Waals surface area contributed by atoms with Crippen molar-refractivity contribution in [2.75, 3.05) is 6.54 Å². The number of carbonyl (C=O) groups is 2. The molecule has 1 aromatic heterocycles. The molecule has 1 amide bonds. The van der Waals surface area contributed by atoms with Gasteiger partial charge in [-0.15, -0.1) is 0 Å². The summed E-state index contributed by atoms with van der Waals surface area (Å²) in [4.78, 5) is 26.5. The van der Waals surface area contributed by atoms with Crippen molar-refractivity contribution in [3.8, 4) is 0 Å². The van der Waals surface area contributed by atoms with Gasteiger partial charge in [-0.2, -0.15) is 0 Å². The van der Waals surface area contributed by atoms with Crippen molar-refractivity contribution in [2.45, 2.75) is 20.3 Å². The van der Waals surface area contributed by atoms with E-state index in [-0.39, 0.29) is 5.91 Å². The first-order valence-corrected chi connectivity index (χ1v) is 7.48. The molecule has 1 aliphatic carbocycles. The van der Waals surface area contributed by atoms with Crippen molar-refractivity contribution in [2.24, 2.45) is 17.3 Å². The molecule has 3 rings (SSSR count). The average molecular weight is 300 g/mol. The SMILES string of the molecule is CC1(C)[C@H](C(=O)NCCc2c[nH]c3ccccc23)[C@@H]1C(=O)O. The predicted octanol–water partition coefficient (Wildman–Crippen LogP) is 2.18. The van der Waals surface area contributed by atoms with Crippen molar-refractivity contribution in [3.05, 3.63) is 36.0 Å². The monoisotopic (exact) mass is 300 g/mol. The summed E-state index contributed by atoms with van der Waals surface area (Å²) >= 11 is 0. The fourth-order valence-corrected chi connectivity index (χ4v) is 3.36. The van der Waals surface area contributed by atoms with Gasteiger partial charge in [0.05, 0.1) is 11.8 Å². The van der Waals surface area contributed by atoms with Crippen LogP contribution in [-0.4, -0.2) is 28.5 Å². The van der Waals surface area contributed by atoms with E-state index in [4.69, 9.17) is 5.11 Å². The normalized spacial score (nSPS) is 22.5. The van der Waals surface area contributed by atoms with E-state index in [1.807, 2.05) is 44.3 Å². The Balaban J connectivity index is 1.58. The number of rotatable bonds is 5. The lowest BCUT2D eigenvalue weighted by molar-refractivity contribution is -0.140. The summed E-state index contributed by atoms with van der Waals surface area (Å²) in [5.74, 6) is -2.03. The highest BCUT2D eigenvalue weighted by molar-refractivity contribution is 5.91. The number of fused-ring (bicyclic) bond motifs is 1. The Bertz CT molecular complexity index is 732. The number of para-hydroxylation sites is 1. The molecule has 5 nitrogen and oxygen atoms in total. The molecule has 0 bridgehead atoms. The molecule has 1 heterocycles. The molecule has 0 saturated heterocycles. The summed E-state index contributed by atoms with van der Waals surface area (Å²) in [6, 6.07) is 8.03. The number of amides is 1. The Morgan fingerprint density at radius 2 is 2.00 bits per heavy atom. The van der Waals surface area contributed by atoms with Crippen molar-refractivity contribution in [3.63, 3.8) is 0 Å². The van der Waals surface area contributed by atoms with E-state index in [1.54, 1.807) is 0 Å². The van der Waals surface area contributed by atoms with E-state index in [9.17, 15) is 9.59 Å². The molecule has 2 atom stereocenters. The second-order valence-electron chi connectivity index (χ2n) is 6.52. The highest BCUT2D eigenvalue weighted by atomic mass is 16.4. The third-order valence-electron chi connectivity index (χ3n) is 4.74. The van der Waals surface area contributed by atoms with Crippen LogP contribution in [0.5, 0.6) is 0 Å². The van der Waals surface area contributed by atoms with Crippen LogP contribution < -0.4 is 5.32 Å². The number of aromatic amines is 1. The van der Waals surface area contributed by atoms with Crippen LogP contribution in [0.2, 0.25) is 0 Å². The zero-order valence-corrected chi connectivity index (χ0v) is 12.7. The Kier molecular flexibility index (Phi) is 3.43. The van der Waals surface area contributed by atoms with E-state index >= 15 is 0 Å². The molecular formula is C17H20N2O3. The van der Waals surface area contributed by atoms with Crippen LogP contribution in [0.25, 0.3) is 10.9 Å². The first-order chi connectivity index (χ1) is 10.4. The lowest BCUT2D eigenvalue weighted by atomic mass is 10.1. The molecule has 1 aromatic carbocycles. The summed E-state index contributed by atoms with van der Waals surface area (Å²) in [7, 11) is 0. The molecule has 0 aliphatic heterocycles. The molecule has 0 radical (unpaired) electrons. The summed E-state index contributed by atoms with van der Waals surface area (Å²) in [6.45, 7) is 4.17. The Labute approximate surface area is 128 Å². The molecular weight excluding hydrogens is 280 g/mol. The number of benzene rings is 1. The van der Waals surface area contributed by atoms with Gasteiger partial charge in [0.1, 0.15) is 0 Å². The van der Waals surface area contributed by atoms with Gasteiger partial charge in [0.25, 0.3) is 0 Å². The summed E-state index contributed by atoms with van der Waals surface area (Å²) < 4.78 is 0. The minimum Gasteiger partial charge on any atom is -0.481 e. The standard InChI is InChI=1S/C17H20N2O3/c1-17(2)13(14(17)16(21)22)15(20)18-8-7-10-9-19-12-6-4-3-5-11(10)12/h3-6,9,13-14,19H,7-8H2,1-2H3,(H,18,20)(H,21,22)/t13-,14+/m0/s1. The molecule has 22 heavy (non-hydrogen) atoms. The average Bonchev–Trinajstić information content (AvgIpc) is 2.86. The topological polar surface area (TPSA) is 82.2 Å². The van der Waals surface area contributed by atoms with Crippen LogP contribution in [-0.2, 0) is 16.0 Å². The highest BCUT2D eigenvalue weighted by Gasteiger charge is 2.65. The minimum absolute atomic E-state index is 0.155. The highest BCUT2D eigenvalue weighted by Crippen LogP contribution is 2.58. The predicted molar refractivity (Wildman–Crippen MR) is 83.4 cm³/mol. The van der Waals surface area contributed by atoms with Crippen LogP contribution in [0.1, 0.15) is 19.4 Å². The van der Waals surface area contributed by atoms with Gasteiger partial charge >= 0.3 is 5.97 Å². The lowest BCUT2D eigenvalue weighted by Gasteiger charge is -2.05. The number of aliphatic carboxylic acids is 1. The smallest absolute Gasteiger partial charge is 0.307 e. The van der Waals surface area contributed by atoms with E-state index in [1.165, 1.54) is 0 Å². The van der Waals surface area contributed by atoms with E-state index in [0.717, 1.165) is 22.9 Å². The van der Waals surface area contributed by atoms with E-state index in [2.05, 4.69) is 10.3 Å². The summed E-state index contributed by atoms with van der Waals surface area (Å²) in [5, 5.41) is 13.1. The summed E-state index contributed by atoms with van der Waals surface area (Å²) in [5.41, 5.74) is 1.79. The van der Waals surface area contributed by atoms with Gasteiger partial charge in [0, 0.05) is 23.6 Å². The minimum atomic E-state index is -0.887. The van der Waals surface area contributed by atoms with Gasteiger partial charge in [0.2, 0.25) is 5.91 Å². The number of carbonyl (C=O) groups excluding carboxylic acids is 1. The van der Waals surface area contributed by atoms with Crippen LogP contribution in [0, 0.1) is 17.3 Å². The lowest BCUT2D eigenvalue weighted by Crippen LogP contribution is -2.29. The van der Waals surface area contributed by atoms with Gasteiger partial charge in [-0.25, -0.2) is 0 Å². The van der Waals surface area contributed by atoms with Crippen LogP contribution in [0.3, 0.4) is 0 Å². The van der Waals surface area contributed by atoms with Gasteiger partial charge in [-0.05, 0) is 23.5 Å². The van der Waals surface area contributed by atoms with Gasteiger partial charge < -0.3 is 15.4 Å². The van der Waals surface area contributed by atoms with E-state index < -0.39 is 23.2 Å². The molecule has 1 saturated carbocycles. The number of carboxylic acid groups (broad SMARTS) is 1. The number of hydrogen-bond donors (Lipinski definition) is 3. The molecule has 116 valence electrons. The van der Waals surface area contributed by atoms with Crippen LogP contribution in [0.4, 0.5) is 0 Å². The maximum atomic E-state index is 12.1. The number of H-pyrrole nitrogens is 1. The molecule has 1 aliphatic rings. The number of aromatic nitrogens is 1. The molecule has 0 unspecified atom stereocenters. The fraction of sp³-hybridized carbons (Fsp3) is 0.412. The van der Waals surface area contributed by atoms with Gasteiger partial charge in [-0.3, -0.25) is 9.59 Å². The van der Waals surface area contributed by atoms with E-state index in [0.29, 0.717) is 6.54 Å². The van der Waals surface area contributed by atoms with Crippen molar-refractivity contribution in [1.82, 2.24) is 10.3 Å².